The summed E-state index contributed by atoms with van der Waals surface area (Å²) in [6, 6.07) is 27.1. The molecule has 0 aliphatic heterocycles. The smallest absolute Gasteiger partial charge is 0.186 e. The summed E-state index contributed by atoms with van der Waals surface area (Å²) in [6.45, 7) is 5.70. The number of fused-ring (bicyclic) bond motifs is 1. The van der Waals surface area contributed by atoms with Gasteiger partial charge < -0.3 is 14.0 Å². The standard InChI is InChI=1S/C33H29NO3/c1-3-36-31(37-4-2)21-34-20-25(26-10-5-6-11-29(26)34)16-19-30(35)27-17-14-24-13-12-22-8-7-9-23-15-18-28(27)33(24)32(22)23/h5-20,31H,3-4,21H2,1-2H3/b19-16+. The first kappa shape index (κ1) is 23.4. The number of rotatable bonds is 9. The van der Waals surface area contributed by atoms with Crippen molar-refractivity contribution in [1.82, 2.24) is 4.57 Å². The molecule has 1 aromatic heterocycles. The molecule has 0 saturated heterocycles. The number of benzene rings is 5. The van der Waals surface area contributed by atoms with Gasteiger partial charge in [0.2, 0.25) is 0 Å². The van der Waals surface area contributed by atoms with Crippen molar-refractivity contribution in [2.24, 2.45) is 0 Å². The molecule has 6 rings (SSSR count). The van der Waals surface area contributed by atoms with Crippen molar-refractivity contribution in [1.29, 1.82) is 0 Å². The van der Waals surface area contributed by atoms with Gasteiger partial charge in [-0.15, -0.1) is 0 Å². The van der Waals surface area contributed by atoms with E-state index in [1.807, 2.05) is 38.1 Å². The van der Waals surface area contributed by atoms with Crippen LogP contribution >= 0.6 is 0 Å². The summed E-state index contributed by atoms with van der Waals surface area (Å²) in [4.78, 5) is 13.5. The Bertz CT molecular complexity index is 1740. The van der Waals surface area contributed by atoms with Crippen LogP contribution in [0.15, 0.2) is 91.1 Å². The average Bonchev–Trinajstić information content (AvgIpc) is 3.28. The molecule has 0 aliphatic carbocycles. The molecule has 0 spiro atoms. The van der Waals surface area contributed by atoms with Gasteiger partial charge in [0.25, 0.3) is 0 Å². The number of allylic oxidation sites excluding steroid dienone is 1. The number of para-hydroxylation sites is 1. The van der Waals surface area contributed by atoms with E-state index >= 15 is 0 Å². The third-order valence-corrected chi connectivity index (χ3v) is 7.08. The molecule has 0 bridgehead atoms. The minimum Gasteiger partial charge on any atom is -0.351 e. The van der Waals surface area contributed by atoms with E-state index in [1.165, 1.54) is 16.2 Å². The van der Waals surface area contributed by atoms with Crippen LogP contribution in [0.25, 0.3) is 49.3 Å². The third-order valence-electron chi connectivity index (χ3n) is 7.08. The van der Waals surface area contributed by atoms with E-state index in [0.29, 0.717) is 19.8 Å². The van der Waals surface area contributed by atoms with Crippen molar-refractivity contribution in [2.45, 2.75) is 26.7 Å². The molecule has 0 fully saturated rings. The van der Waals surface area contributed by atoms with Gasteiger partial charge in [-0.2, -0.15) is 0 Å². The number of aromatic nitrogens is 1. The van der Waals surface area contributed by atoms with Gasteiger partial charge in [0, 0.05) is 41.4 Å². The van der Waals surface area contributed by atoms with Gasteiger partial charge in [0.1, 0.15) is 0 Å². The highest BCUT2D eigenvalue weighted by Gasteiger charge is 2.15. The SMILES string of the molecule is CCOC(Cn1cc(/C=C/C(=O)c2ccc3ccc4cccc5ccc2c3c45)c2ccccc21)OCC. The van der Waals surface area contributed by atoms with E-state index < -0.39 is 0 Å². The van der Waals surface area contributed by atoms with Crippen LogP contribution < -0.4 is 0 Å². The lowest BCUT2D eigenvalue weighted by molar-refractivity contribution is -0.143. The molecule has 0 aliphatic rings. The summed E-state index contributed by atoms with van der Waals surface area (Å²) in [5.41, 5.74) is 2.80. The highest BCUT2D eigenvalue weighted by molar-refractivity contribution is 6.27. The number of carbonyl (C=O) groups excluding carboxylic acids is 1. The number of ether oxygens (including phenoxy) is 2. The maximum Gasteiger partial charge on any atom is 0.186 e. The van der Waals surface area contributed by atoms with Crippen molar-refractivity contribution in [3.05, 3.63) is 102 Å². The highest BCUT2D eigenvalue weighted by Crippen LogP contribution is 2.36. The van der Waals surface area contributed by atoms with Crippen LogP contribution in [0.3, 0.4) is 0 Å². The molecule has 0 amide bonds. The lowest BCUT2D eigenvalue weighted by atomic mass is 9.91. The molecule has 0 saturated carbocycles. The van der Waals surface area contributed by atoms with Crippen molar-refractivity contribution in [3.8, 4) is 0 Å². The molecule has 0 unspecified atom stereocenters. The van der Waals surface area contributed by atoms with Gasteiger partial charge in [0.05, 0.1) is 6.54 Å². The molecule has 37 heavy (non-hydrogen) atoms. The molecule has 5 aromatic carbocycles. The zero-order chi connectivity index (χ0) is 25.4. The zero-order valence-corrected chi connectivity index (χ0v) is 21.1. The Kier molecular flexibility index (Phi) is 6.21. The van der Waals surface area contributed by atoms with E-state index in [-0.39, 0.29) is 12.1 Å². The van der Waals surface area contributed by atoms with Crippen LogP contribution in [-0.4, -0.2) is 29.9 Å². The number of carbonyl (C=O) groups is 1. The van der Waals surface area contributed by atoms with E-state index in [9.17, 15) is 4.79 Å². The highest BCUT2D eigenvalue weighted by atomic mass is 16.7. The summed E-state index contributed by atoms with van der Waals surface area (Å²) in [6.07, 6.45) is 5.38. The van der Waals surface area contributed by atoms with Crippen molar-refractivity contribution in [2.75, 3.05) is 13.2 Å². The van der Waals surface area contributed by atoms with Crippen LogP contribution in [0.2, 0.25) is 0 Å². The fraction of sp³-hybridized carbons (Fsp3) is 0.182. The lowest BCUT2D eigenvalue weighted by Gasteiger charge is -2.18. The van der Waals surface area contributed by atoms with Crippen molar-refractivity contribution < 1.29 is 14.3 Å². The average molecular weight is 488 g/mol. The largest absolute Gasteiger partial charge is 0.351 e. The summed E-state index contributed by atoms with van der Waals surface area (Å²) in [7, 11) is 0. The lowest BCUT2D eigenvalue weighted by Crippen LogP contribution is -2.23. The summed E-state index contributed by atoms with van der Waals surface area (Å²) in [5, 5.41) is 8.01. The van der Waals surface area contributed by atoms with Gasteiger partial charge in [-0.25, -0.2) is 0 Å². The third kappa shape index (κ3) is 4.18. The van der Waals surface area contributed by atoms with E-state index in [0.717, 1.165) is 38.2 Å². The van der Waals surface area contributed by atoms with Crippen molar-refractivity contribution in [3.63, 3.8) is 0 Å². The normalized spacial score (nSPS) is 12.3. The first-order valence-electron chi connectivity index (χ1n) is 12.9. The van der Waals surface area contributed by atoms with Crippen LogP contribution in [0.4, 0.5) is 0 Å². The van der Waals surface area contributed by atoms with E-state index in [4.69, 9.17) is 9.47 Å². The molecule has 6 aromatic rings. The van der Waals surface area contributed by atoms with Crippen molar-refractivity contribution >= 4 is 55.1 Å². The number of ketones is 1. The topological polar surface area (TPSA) is 40.5 Å². The fourth-order valence-electron chi connectivity index (χ4n) is 5.45. The second-order valence-corrected chi connectivity index (χ2v) is 9.26. The summed E-state index contributed by atoms with van der Waals surface area (Å²) in [5.74, 6) is -0.00345. The van der Waals surface area contributed by atoms with Gasteiger partial charge in [-0.05, 0) is 70.4 Å². The maximum absolute atomic E-state index is 13.5. The Morgan fingerprint density at radius 3 is 2.22 bits per heavy atom. The van der Waals surface area contributed by atoms with Gasteiger partial charge >= 0.3 is 0 Å². The maximum atomic E-state index is 13.5. The summed E-state index contributed by atoms with van der Waals surface area (Å²) >= 11 is 0. The Labute approximate surface area is 216 Å². The van der Waals surface area contributed by atoms with Crippen LogP contribution in [-0.2, 0) is 16.0 Å². The summed E-state index contributed by atoms with van der Waals surface area (Å²) < 4.78 is 13.7. The van der Waals surface area contributed by atoms with Crippen LogP contribution in [0.5, 0.6) is 0 Å². The Balaban J connectivity index is 1.38. The van der Waals surface area contributed by atoms with Gasteiger partial charge in [0.15, 0.2) is 12.1 Å². The second kappa shape index (κ2) is 9.81. The monoisotopic (exact) mass is 487 g/mol. The van der Waals surface area contributed by atoms with Gasteiger partial charge in [-0.1, -0.05) is 66.7 Å². The molecular weight excluding hydrogens is 458 g/mol. The minimum atomic E-state index is -0.318. The Hall–Kier alpha value is -3.99. The second-order valence-electron chi connectivity index (χ2n) is 9.26. The number of hydrogen-bond donors (Lipinski definition) is 0. The number of hydrogen-bond acceptors (Lipinski definition) is 3. The molecule has 0 N–H and O–H groups in total. The molecule has 1 heterocycles. The molecule has 0 radical (unpaired) electrons. The minimum absolute atomic E-state index is 0.00345. The molecular formula is C33H29NO3. The van der Waals surface area contributed by atoms with Crippen LogP contribution in [0.1, 0.15) is 29.8 Å². The molecule has 0 atom stereocenters. The van der Waals surface area contributed by atoms with E-state index in [2.05, 4.69) is 71.4 Å². The van der Waals surface area contributed by atoms with Gasteiger partial charge in [-0.3, -0.25) is 4.79 Å². The van der Waals surface area contributed by atoms with Crippen LogP contribution in [0, 0.1) is 0 Å². The fourth-order valence-corrected chi connectivity index (χ4v) is 5.45. The molecule has 4 heteroatoms. The zero-order valence-electron chi connectivity index (χ0n) is 21.1. The first-order valence-corrected chi connectivity index (χ1v) is 12.9. The Morgan fingerprint density at radius 2 is 1.46 bits per heavy atom. The predicted molar refractivity (Wildman–Crippen MR) is 152 cm³/mol. The predicted octanol–water partition coefficient (Wildman–Crippen LogP) is 7.83. The number of nitrogens with zero attached hydrogens (tertiary/aromatic N) is 1. The quantitative estimate of drug-likeness (QED) is 0.0903. The molecule has 4 nitrogen and oxygen atoms in total. The Morgan fingerprint density at radius 1 is 0.784 bits per heavy atom. The first-order chi connectivity index (χ1) is 18.2. The molecule has 184 valence electrons. The van der Waals surface area contributed by atoms with E-state index in [1.54, 1.807) is 6.08 Å².